The van der Waals surface area contributed by atoms with Crippen LogP contribution in [0.25, 0.3) is 0 Å². The zero-order valence-electron chi connectivity index (χ0n) is 13.4. The van der Waals surface area contributed by atoms with Gasteiger partial charge in [0.1, 0.15) is 23.7 Å². The number of carbonyl (C=O) groups is 1. The summed E-state index contributed by atoms with van der Waals surface area (Å²) in [6, 6.07) is 3.81. The molecule has 3 heterocycles. The summed E-state index contributed by atoms with van der Waals surface area (Å²) >= 11 is 1.38. The lowest BCUT2D eigenvalue weighted by atomic mass is 9.98. The van der Waals surface area contributed by atoms with Crippen LogP contribution < -0.4 is 5.32 Å². The third-order valence-corrected chi connectivity index (χ3v) is 5.04. The Labute approximate surface area is 144 Å². The Balaban J connectivity index is 1.44. The van der Waals surface area contributed by atoms with Gasteiger partial charge in [0.25, 0.3) is 0 Å². The summed E-state index contributed by atoms with van der Waals surface area (Å²) in [6.45, 7) is 3.63. The minimum atomic E-state index is -0.0349. The molecule has 8 heteroatoms. The van der Waals surface area contributed by atoms with Gasteiger partial charge >= 0.3 is 0 Å². The Morgan fingerprint density at radius 2 is 2.46 bits per heavy atom. The topological polar surface area (TPSA) is 86.8 Å². The molecule has 3 rings (SSSR count). The molecule has 1 atom stereocenters. The molecule has 1 aliphatic rings. The minimum absolute atomic E-state index is 0.0349. The van der Waals surface area contributed by atoms with E-state index in [-0.39, 0.29) is 5.91 Å². The van der Waals surface area contributed by atoms with Gasteiger partial charge in [0, 0.05) is 26.1 Å². The first-order valence-electron chi connectivity index (χ1n) is 8.07. The Morgan fingerprint density at radius 1 is 1.54 bits per heavy atom. The summed E-state index contributed by atoms with van der Waals surface area (Å²) in [5.74, 6) is 0.512. The standard InChI is InChI=1S/C16H20N6OS/c17-8-14-4-7-24-16(14)20-15(23)3-6-21-5-1-2-13(9-21)10-22-12-18-11-19-22/h4,7,11-13H,1-3,5-6,9-10H2,(H,20,23)/t13-/m1/s1. The van der Waals surface area contributed by atoms with E-state index in [0.29, 0.717) is 22.9 Å². The smallest absolute Gasteiger partial charge is 0.226 e. The number of likely N-dealkylation sites (tertiary alicyclic amines) is 1. The maximum absolute atomic E-state index is 12.1. The van der Waals surface area contributed by atoms with Gasteiger partial charge in [0.05, 0.1) is 5.56 Å². The predicted molar refractivity (Wildman–Crippen MR) is 91.5 cm³/mol. The highest BCUT2D eigenvalue weighted by molar-refractivity contribution is 7.14. The molecule has 24 heavy (non-hydrogen) atoms. The number of amides is 1. The lowest BCUT2D eigenvalue weighted by Crippen LogP contribution is -2.38. The van der Waals surface area contributed by atoms with Crippen LogP contribution in [0.3, 0.4) is 0 Å². The first-order chi connectivity index (χ1) is 11.7. The second-order valence-corrected chi connectivity index (χ2v) is 6.92. The van der Waals surface area contributed by atoms with Crippen LogP contribution in [0.2, 0.25) is 0 Å². The van der Waals surface area contributed by atoms with Crippen molar-refractivity contribution in [2.24, 2.45) is 5.92 Å². The van der Waals surface area contributed by atoms with Gasteiger partial charge in [0.15, 0.2) is 0 Å². The van der Waals surface area contributed by atoms with Gasteiger partial charge in [-0.15, -0.1) is 11.3 Å². The Kier molecular flexibility index (Phi) is 5.56. The lowest BCUT2D eigenvalue weighted by molar-refractivity contribution is -0.116. The van der Waals surface area contributed by atoms with Crippen molar-refractivity contribution in [3.63, 3.8) is 0 Å². The summed E-state index contributed by atoms with van der Waals surface area (Å²) in [7, 11) is 0. The number of thiophene rings is 1. The summed E-state index contributed by atoms with van der Waals surface area (Å²) in [5.41, 5.74) is 0.527. The average Bonchev–Trinajstić information content (AvgIpc) is 3.25. The van der Waals surface area contributed by atoms with Crippen LogP contribution in [0, 0.1) is 17.2 Å². The van der Waals surface area contributed by atoms with Crippen molar-refractivity contribution >= 4 is 22.2 Å². The van der Waals surface area contributed by atoms with Gasteiger partial charge in [-0.2, -0.15) is 10.4 Å². The molecule has 7 nitrogen and oxygen atoms in total. The highest BCUT2D eigenvalue weighted by atomic mass is 32.1. The molecule has 2 aromatic rings. The van der Waals surface area contributed by atoms with Crippen molar-refractivity contribution in [1.29, 1.82) is 5.26 Å². The van der Waals surface area contributed by atoms with Crippen molar-refractivity contribution in [1.82, 2.24) is 19.7 Å². The van der Waals surface area contributed by atoms with E-state index in [1.807, 2.05) is 10.1 Å². The molecule has 126 valence electrons. The van der Waals surface area contributed by atoms with Crippen molar-refractivity contribution in [2.45, 2.75) is 25.8 Å². The highest BCUT2D eigenvalue weighted by Crippen LogP contribution is 2.22. The Bertz CT molecular complexity index is 704. The van der Waals surface area contributed by atoms with E-state index < -0.39 is 0 Å². The number of hydrogen-bond acceptors (Lipinski definition) is 6. The molecule has 0 aliphatic carbocycles. The number of nitriles is 1. The molecule has 1 N–H and O–H groups in total. The van der Waals surface area contributed by atoms with Crippen LogP contribution >= 0.6 is 11.3 Å². The van der Waals surface area contributed by atoms with Crippen LogP contribution in [-0.2, 0) is 11.3 Å². The van der Waals surface area contributed by atoms with E-state index in [2.05, 4.69) is 26.4 Å². The number of rotatable bonds is 6. The largest absolute Gasteiger partial charge is 0.317 e. The Morgan fingerprint density at radius 3 is 3.25 bits per heavy atom. The van der Waals surface area contributed by atoms with Crippen molar-refractivity contribution < 1.29 is 4.79 Å². The third kappa shape index (κ3) is 4.40. The van der Waals surface area contributed by atoms with Gasteiger partial charge in [-0.25, -0.2) is 4.98 Å². The zero-order chi connectivity index (χ0) is 16.8. The monoisotopic (exact) mass is 344 g/mol. The van der Waals surface area contributed by atoms with Crippen molar-refractivity contribution in [2.75, 3.05) is 25.0 Å². The normalized spacial score (nSPS) is 18.2. The number of carbonyl (C=O) groups excluding carboxylic acids is 1. The zero-order valence-corrected chi connectivity index (χ0v) is 14.2. The quantitative estimate of drug-likeness (QED) is 0.865. The molecule has 0 aromatic carbocycles. The summed E-state index contributed by atoms with van der Waals surface area (Å²) in [4.78, 5) is 18.4. The van der Waals surface area contributed by atoms with Crippen LogP contribution in [0.1, 0.15) is 24.8 Å². The number of anilines is 1. The lowest BCUT2D eigenvalue weighted by Gasteiger charge is -2.32. The molecule has 2 aromatic heterocycles. The number of nitrogens with zero attached hydrogens (tertiary/aromatic N) is 5. The molecule has 1 aliphatic heterocycles. The maximum atomic E-state index is 12.1. The molecule has 1 amide bonds. The van der Waals surface area contributed by atoms with E-state index in [9.17, 15) is 4.79 Å². The van der Waals surface area contributed by atoms with Gasteiger partial charge in [0.2, 0.25) is 5.91 Å². The first-order valence-corrected chi connectivity index (χ1v) is 8.95. The number of nitrogens with one attached hydrogen (secondary N) is 1. The molecule has 0 saturated carbocycles. The molecule has 0 unspecified atom stereocenters. The number of piperidine rings is 1. The minimum Gasteiger partial charge on any atom is -0.317 e. The van der Waals surface area contributed by atoms with Crippen LogP contribution in [0.5, 0.6) is 0 Å². The summed E-state index contributed by atoms with van der Waals surface area (Å²) in [5, 5.41) is 18.4. The number of aromatic nitrogens is 3. The second-order valence-electron chi connectivity index (χ2n) is 6.00. The van der Waals surface area contributed by atoms with E-state index in [4.69, 9.17) is 5.26 Å². The SMILES string of the molecule is N#Cc1ccsc1NC(=O)CCN1CCC[C@@H](Cn2cncn2)C1. The van der Waals surface area contributed by atoms with Gasteiger partial charge in [-0.1, -0.05) is 0 Å². The van der Waals surface area contributed by atoms with Crippen molar-refractivity contribution in [3.8, 4) is 6.07 Å². The van der Waals surface area contributed by atoms with Crippen molar-refractivity contribution in [3.05, 3.63) is 29.7 Å². The second kappa shape index (κ2) is 8.04. The summed E-state index contributed by atoms with van der Waals surface area (Å²) < 4.78 is 1.88. The van der Waals surface area contributed by atoms with Gasteiger partial charge < -0.3 is 10.2 Å². The van der Waals surface area contributed by atoms with Crippen LogP contribution in [0.4, 0.5) is 5.00 Å². The molecule has 0 bridgehead atoms. The average molecular weight is 344 g/mol. The Hall–Kier alpha value is -2.24. The van der Waals surface area contributed by atoms with Gasteiger partial charge in [-0.3, -0.25) is 9.48 Å². The molecule has 1 saturated heterocycles. The van der Waals surface area contributed by atoms with Gasteiger partial charge in [-0.05, 0) is 36.8 Å². The molecular formula is C16H20N6OS. The fraction of sp³-hybridized carbons (Fsp3) is 0.500. The molecular weight excluding hydrogens is 324 g/mol. The predicted octanol–water partition coefficient (Wildman–Crippen LogP) is 1.95. The fourth-order valence-corrected chi connectivity index (χ4v) is 3.79. The van der Waals surface area contributed by atoms with E-state index >= 15 is 0 Å². The molecule has 0 radical (unpaired) electrons. The molecule has 1 fully saturated rings. The van der Waals surface area contributed by atoms with Crippen LogP contribution in [-0.4, -0.2) is 45.2 Å². The van der Waals surface area contributed by atoms with E-state index in [1.165, 1.54) is 17.8 Å². The number of hydrogen-bond donors (Lipinski definition) is 1. The first kappa shape index (κ1) is 16.6. The maximum Gasteiger partial charge on any atom is 0.226 e. The van der Waals surface area contributed by atoms with Crippen LogP contribution in [0.15, 0.2) is 24.1 Å². The fourth-order valence-electron chi connectivity index (χ4n) is 3.04. The van der Waals surface area contributed by atoms with E-state index in [1.54, 1.807) is 18.7 Å². The summed E-state index contributed by atoms with van der Waals surface area (Å²) in [6.07, 6.45) is 6.08. The van der Waals surface area contributed by atoms with E-state index in [0.717, 1.165) is 32.6 Å². The molecule has 0 spiro atoms. The third-order valence-electron chi connectivity index (χ3n) is 4.21. The highest BCUT2D eigenvalue weighted by Gasteiger charge is 2.21.